The highest BCUT2D eigenvalue weighted by atomic mass is 32.1. The molecule has 2 atom stereocenters. The maximum atomic E-state index is 12.6. The van der Waals surface area contributed by atoms with E-state index < -0.39 is 0 Å². The molecule has 5 heteroatoms. The molecule has 2 aromatic heterocycles. The van der Waals surface area contributed by atoms with Gasteiger partial charge in [-0.3, -0.25) is 4.79 Å². The van der Waals surface area contributed by atoms with E-state index >= 15 is 0 Å². The van der Waals surface area contributed by atoms with E-state index in [2.05, 4.69) is 34.2 Å². The van der Waals surface area contributed by atoms with Gasteiger partial charge < -0.3 is 15.1 Å². The zero-order valence-corrected chi connectivity index (χ0v) is 16.5. The standard InChI is InChI=1S/C23H22N2O2S/c1-16(20-14-18-10-5-6-11-19(18)27-20)25-22(26)15-24-23(21-12-7-13-28-21)17-8-3-2-4-9-17/h2-14,16,23-24H,15H2,1H3,(H,25,26)/p+1/t16-,23+/m0/s1. The van der Waals surface area contributed by atoms with Gasteiger partial charge in [-0.2, -0.15) is 0 Å². The van der Waals surface area contributed by atoms with Gasteiger partial charge in [-0.15, -0.1) is 11.3 Å². The van der Waals surface area contributed by atoms with E-state index in [0.717, 1.165) is 16.7 Å². The van der Waals surface area contributed by atoms with E-state index in [4.69, 9.17) is 4.42 Å². The molecular formula is C23H23N2O2S+. The van der Waals surface area contributed by atoms with Gasteiger partial charge in [-0.05, 0) is 30.5 Å². The SMILES string of the molecule is C[C@H](NC(=O)C[NH2+][C@H](c1ccccc1)c1cccs1)c1cc2ccccc2o1. The number of fused-ring (bicyclic) bond motifs is 1. The number of amides is 1. The van der Waals surface area contributed by atoms with E-state index in [1.54, 1.807) is 11.3 Å². The Morgan fingerprint density at radius 3 is 2.61 bits per heavy atom. The number of benzene rings is 2. The lowest BCUT2D eigenvalue weighted by atomic mass is 10.1. The minimum atomic E-state index is -0.176. The van der Waals surface area contributed by atoms with Crippen LogP contribution in [-0.4, -0.2) is 12.5 Å². The van der Waals surface area contributed by atoms with Crippen molar-refractivity contribution in [3.63, 3.8) is 0 Å². The van der Waals surface area contributed by atoms with Gasteiger partial charge in [0.2, 0.25) is 0 Å². The van der Waals surface area contributed by atoms with Crippen LogP contribution in [-0.2, 0) is 4.79 Å². The molecule has 0 saturated carbocycles. The Morgan fingerprint density at radius 2 is 1.86 bits per heavy atom. The van der Waals surface area contributed by atoms with Gasteiger partial charge in [-0.25, -0.2) is 0 Å². The molecule has 1 amide bonds. The third kappa shape index (κ3) is 4.16. The summed E-state index contributed by atoms with van der Waals surface area (Å²) in [7, 11) is 0. The molecule has 0 spiro atoms. The summed E-state index contributed by atoms with van der Waals surface area (Å²) in [6.45, 7) is 2.30. The van der Waals surface area contributed by atoms with Crippen molar-refractivity contribution in [2.24, 2.45) is 0 Å². The molecule has 28 heavy (non-hydrogen) atoms. The normalized spacial score (nSPS) is 13.3. The first-order valence-electron chi connectivity index (χ1n) is 9.40. The molecule has 2 aromatic carbocycles. The van der Waals surface area contributed by atoms with Crippen molar-refractivity contribution < 1.29 is 14.5 Å². The van der Waals surface area contributed by atoms with Crippen molar-refractivity contribution in [1.29, 1.82) is 0 Å². The van der Waals surface area contributed by atoms with Crippen LogP contribution in [0.1, 0.15) is 35.2 Å². The lowest BCUT2D eigenvalue weighted by molar-refractivity contribution is -0.676. The van der Waals surface area contributed by atoms with Crippen LogP contribution in [0.2, 0.25) is 0 Å². The Balaban J connectivity index is 1.41. The molecule has 0 unspecified atom stereocenters. The second-order valence-electron chi connectivity index (χ2n) is 6.82. The molecule has 0 fully saturated rings. The number of thiophene rings is 1. The number of carbonyl (C=O) groups is 1. The molecule has 0 aliphatic carbocycles. The number of nitrogens with one attached hydrogen (secondary N) is 1. The second kappa shape index (κ2) is 8.42. The second-order valence-corrected chi connectivity index (χ2v) is 7.80. The number of para-hydroxylation sites is 1. The van der Waals surface area contributed by atoms with E-state index in [1.165, 1.54) is 10.4 Å². The maximum Gasteiger partial charge on any atom is 0.275 e. The fourth-order valence-electron chi connectivity index (χ4n) is 3.36. The molecule has 0 aliphatic heterocycles. The van der Waals surface area contributed by atoms with Crippen LogP contribution in [0.4, 0.5) is 0 Å². The minimum absolute atomic E-state index is 0.00885. The fourth-order valence-corrected chi connectivity index (χ4v) is 4.21. The van der Waals surface area contributed by atoms with Crippen LogP contribution in [0.25, 0.3) is 11.0 Å². The monoisotopic (exact) mass is 391 g/mol. The summed E-state index contributed by atoms with van der Waals surface area (Å²) in [4.78, 5) is 13.8. The Hall–Kier alpha value is -2.89. The quantitative estimate of drug-likeness (QED) is 0.500. The summed E-state index contributed by atoms with van der Waals surface area (Å²) < 4.78 is 5.86. The Labute approximate surface area is 168 Å². The summed E-state index contributed by atoms with van der Waals surface area (Å²) in [5.41, 5.74) is 2.04. The predicted octanol–water partition coefficient (Wildman–Crippen LogP) is 4.02. The average molecular weight is 392 g/mol. The maximum absolute atomic E-state index is 12.6. The van der Waals surface area contributed by atoms with Crippen LogP contribution in [0.3, 0.4) is 0 Å². The van der Waals surface area contributed by atoms with E-state index in [0.29, 0.717) is 6.54 Å². The summed E-state index contributed by atoms with van der Waals surface area (Å²) in [6.07, 6.45) is 0. The summed E-state index contributed by atoms with van der Waals surface area (Å²) in [5.74, 6) is 0.762. The number of hydrogen-bond donors (Lipinski definition) is 2. The van der Waals surface area contributed by atoms with Crippen molar-refractivity contribution in [3.8, 4) is 0 Å². The molecule has 3 N–H and O–H groups in total. The first kappa shape index (κ1) is 18.5. The summed E-state index contributed by atoms with van der Waals surface area (Å²) >= 11 is 1.71. The first-order valence-corrected chi connectivity index (χ1v) is 10.3. The molecule has 0 saturated heterocycles. The van der Waals surface area contributed by atoms with E-state index in [1.807, 2.05) is 61.5 Å². The van der Waals surface area contributed by atoms with Crippen LogP contribution in [0, 0.1) is 0 Å². The number of hydrogen-bond acceptors (Lipinski definition) is 3. The van der Waals surface area contributed by atoms with Crippen molar-refractivity contribution in [2.45, 2.75) is 19.0 Å². The number of furan rings is 1. The molecule has 4 nitrogen and oxygen atoms in total. The molecule has 2 heterocycles. The van der Waals surface area contributed by atoms with Gasteiger partial charge in [0.1, 0.15) is 17.4 Å². The topological polar surface area (TPSA) is 58.9 Å². The van der Waals surface area contributed by atoms with Gasteiger partial charge in [0.25, 0.3) is 5.91 Å². The van der Waals surface area contributed by atoms with Gasteiger partial charge in [0.05, 0.1) is 10.9 Å². The number of rotatable bonds is 7. The molecular weight excluding hydrogens is 368 g/mol. The van der Waals surface area contributed by atoms with Gasteiger partial charge in [0, 0.05) is 10.9 Å². The average Bonchev–Trinajstić information content (AvgIpc) is 3.39. The van der Waals surface area contributed by atoms with Crippen LogP contribution < -0.4 is 10.6 Å². The first-order chi connectivity index (χ1) is 13.7. The Kier molecular flexibility index (Phi) is 5.55. The highest BCUT2D eigenvalue weighted by Crippen LogP contribution is 2.24. The molecule has 4 rings (SSSR count). The smallest absolute Gasteiger partial charge is 0.275 e. The number of carbonyl (C=O) groups excluding carboxylic acids is 1. The zero-order chi connectivity index (χ0) is 19.3. The molecule has 0 bridgehead atoms. The third-order valence-electron chi connectivity index (χ3n) is 4.80. The van der Waals surface area contributed by atoms with Crippen LogP contribution in [0.15, 0.2) is 82.6 Å². The Bertz CT molecular complexity index is 1010. The van der Waals surface area contributed by atoms with Crippen LogP contribution in [0.5, 0.6) is 0 Å². The van der Waals surface area contributed by atoms with Crippen molar-refractivity contribution in [3.05, 3.63) is 94.4 Å². The molecule has 142 valence electrons. The van der Waals surface area contributed by atoms with Crippen LogP contribution >= 0.6 is 11.3 Å². The van der Waals surface area contributed by atoms with Crippen molar-refractivity contribution in [2.75, 3.05) is 6.54 Å². The third-order valence-corrected chi connectivity index (χ3v) is 5.75. The number of nitrogens with two attached hydrogens (primary N) is 1. The zero-order valence-electron chi connectivity index (χ0n) is 15.7. The molecule has 4 aromatic rings. The summed E-state index contributed by atoms with van der Waals surface area (Å²) in [5, 5.41) is 8.25. The summed E-state index contributed by atoms with van der Waals surface area (Å²) in [6, 6.07) is 24.3. The van der Waals surface area contributed by atoms with E-state index in [-0.39, 0.29) is 18.0 Å². The molecule has 0 aliphatic rings. The van der Waals surface area contributed by atoms with Crippen molar-refractivity contribution in [1.82, 2.24) is 5.32 Å². The van der Waals surface area contributed by atoms with Crippen molar-refractivity contribution >= 4 is 28.2 Å². The predicted molar refractivity (Wildman–Crippen MR) is 112 cm³/mol. The van der Waals surface area contributed by atoms with Gasteiger partial charge in [0.15, 0.2) is 6.54 Å². The largest absolute Gasteiger partial charge is 0.459 e. The fraction of sp³-hybridized carbons (Fsp3) is 0.174. The highest BCUT2D eigenvalue weighted by molar-refractivity contribution is 7.10. The lowest BCUT2D eigenvalue weighted by Crippen LogP contribution is -2.87. The Morgan fingerprint density at radius 1 is 1.07 bits per heavy atom. The molecule has 0 radical (unpaired) electrons. The lowest BCUT2D eigenvalue weighted by Gasteiger charge is -2.16. The highest BCUT2D eigenvalue weighted by Gasteiger charge is 2.21. The minimum Gasteiger partial charge on any atom is -0.459 e. The van der Waals surface area contributed by atoms with E-state index in [9.17, 15) is 4.79 Å². The van der Waals surface area contributed by atoms with Gasteiger partial charge in [-0.1, -0.05) is 54.6 Å². The van der Waals surface area contributed by atoms with Gasteiger partial charge >= 0.3 is 0 Å². The number of quaternary nitrogens is 1.